The van der Waals surface area contributed by atoms with Crippen molar-refractivity contribution in [1.82, 2.24) is 5.32 Å². The van der Waals surface area contributed by atoms with Gasteiger partial charge in [0.2, 0.25) is 11.8 Å². The highest BCUT2D eigenvalue weighted by atomic mass is 79.9. The van der Waals surface area contributed by atoms with Crippen LogP contribution in [0, 0.1) is 5.92 Å². The monoisotopic (exact) mass is 396 g/mol. The Kier molecular flexibility index (Phi) is 7.72. The van der Waals surface area contributed by atoms with E-state index in [1.165, 1.54) is 0 Å². The third-order valence-electron chi connectivity index (χ3n) is 4.04. The van der Waals surface area contributed by atoms with Gasteiger partial charge in [0.05, 0.1) is 5.92 Å². The summed E-state index contributed by atoms with van der Waals surface area (Å²) in [6.07, 6.45) is 3.27. The summed E-state index contributed by atoms with van der Waals surface area (Å²) in [6, 6.07) is 7.56. The Balaban J connectivity index is 1.72. The topological polar surface area (TPSA) is 58.6 Å². The van der Waals surface area contributed by atoms with Crippen LogP contribution in [-0.4, -0.2) is 38.1 Å². The van der Waals surface area contributed by atoms with Crippen LogP contribution in [0.15, 0.2) is 28.7 Å². The van der Waals surface area contributed by atoms with Gasteiger partial charge in [-0.25, -0.2) is 0 Å². The van der Waals surface area contributed by atoms with Crippen molar-refractivity contribution in [2.24, 2.45) is 5.92 Å². The Morgan fingerprint density at radius 3 is 2.71 bits per heavy atom. The number of anilines is 1. The molecule has 6 heteroatoms. The van der Waals surface area contributed by atoms with E-state index in [4.69, 9.17) is 4.74 Å². The van der Waals surface area contributed by atoms with Crippen LogP contribution in [0.2, 0.25) is 0 Å². The number of carbonyl (C=O) groups is 2. The third kappa shape index (κ3) is 5.60. The number of nitrogens with one attached hydrogen (secondary N) is 1. The van der Waals surface area contributed by atoms with Crippen LogP contribution in [0.25, 0.3) is 0 Å². The molecule has 2 rings (SSSR count). The number of rotatable bonds is 9. The van der Waals surface area contributed by atoms with Crippen LogP contribution in [0.3, 0.4) is 0 Å². The molecule has 0 radical (unpaired) electrons. The molecule has 24 heavy (non-hydrogen) atoms. The Morgan fingerprint density at radius 2 is 2.00 bits per heavy atom. The molecule has 1 heterocycles. The number of unbranched alkanes of at least 4 members (excludes halogenated alkanes) is 1. The molecule has 1 saturated heterocycles. The van der Waals surface area contributed by atoms with E-state index in [0.717, 1.165) is 36.0 Å². The number of hydrogen-bond donors (Lipinski definition) is 1. The van der Waals surface area contributed by atoms with Gasteiger partial charge in [0.1, 0.15) is 0 Å². The smallest absolute Gasteiger partial charge is 0.227 e. The van der Waals surface area contributed by atoms with Gasteiger partial charge in [0, 0.05) is 42.9 Å². The molecule has 1 aliphatic heterocycles. The summed E-state index contributed by atoms with van der Waals surface area (Å²) in [6.45, 7) is 4.61. The van der Waals surface area contributed by atoms with Crippen molar-refractivity contribution in [3.8, 4) is 0 Å². The summed E-state index contributed by atoms with van der Waals surface area (Å²) in [5, 5.41) is 2.91. The molecule has 1 atom stereocenters. The second-order valence-electron chi connectivity index (χ2n) is 5.99. The fraction of sp³-hybridized carbons (Fsp3) is 0.556. The molecular formula is C18H25BrN2O3. The lowest BCUT2D eigenvalue weighted by Gasteiger charge is -2.16. The summed E-state index contributed by atoms with van der Waals surface area (Å²) in [5.41, 5.74) is 0.836. The molecule has 1 unspecified atom stereocenters. The molecular weight excluding hydrogens is 372 g/mol. The largest absolute Gasteiger partial charge is 0.381 e. The highest BCUT2D eigenvalue weighted by Gasteiger charge is 2.34. The predicted molar refractivity (Wildman–Crippen MR) is 98.0 cm³/mol. The summed E-state index contributed by atoms with van der Waals surface area (Å²) < 4.78 is 6.43. The van der Waals surface area contributed by atoms with Crippen LogP contribution >= 0.6 is 15.9 Å². The zero-order chi connectivity index (χ0) is 17.4. The van der Waals surface area contributed by atoms with Crippen molar-refractivity contribution in [1.29, 1.82) is 0 Å². The Labute approximate surface area is 151 Å². The maximum atomic E-state index is 12.2. The van der Waals surface area contributed by atoms with Crippen molar-refractivity contribution in [3.63, 3.8) is 0 Å². The van der Waals surface area contributed by atoms with Crippen molar-refractivity contribution in [2.75, 3.05) is 31.2 Å². The van der Waals surface area contributed by atoms with Gasteiger partial charge in [-0.15, -0.1) is 0 Å². The minimum Gasteiger partial charge on any atom is -0.381 e. The molecule has 0 spiro atoms. The SMILES string of the molecule is CCCCOCCCNC(=O)C1CC(=O)N(c2ccc(Br)cc2)C1. The number of benzene rings is 1. The first-order valence-corrected chi connectivity index (χ1v) is 9.32. The van der Waals surface area contributed by atoms with E-state index in [1.54, 1.807) is 4.90 Å². The lowest BCUT2D eigenvalue weighted by molar-refractivity contribution is -0.126. The van der Waals surface area contributed by atoms with Gasteiger partial charge in [0.25, 0.3) is 0 Å². The van der Waals surface area contributed by atoms with Gasteiger partial charge in [-0.2, -0.15) is 0 Å². The predicted octanol–water partition coefficient (Wildman–Crippen LogP) is 3.13. The van der Waals surface area contributed by atoms with E-state index >= 15 is 0 Å². The van der Waals surface area contributed by atoms with Crippen LogP contribution in [0.1, 0.15) is 32.6 Å². The third-order valence-corrected chi connectivity index (χ3v) is 4.57. The van der Waals surface area contributed by atoms with Crippen LogP contribution < -0.4 is 10.2 Å². The second kappa shape index (κ2) is 9.79. The van der Waals surface area contributed by atoms with Gasteiger partial charge in [-0.1, -0.05) is 29.3 Å². The quantitative estimate of drug-likeness (QED) is 0.652. The van der Waals surface area contributed by atoms with Crippen LogP contribution in [-0.2, 0) is 14.3 Å². The number of halogens is 1. The standard InChI is InChI=1S/C18H25BrN2O3/c1-2-3-10-24-11-4-9-20-18(23)14-12-17(22)21(13-14)16-7-5-15(19)6-8-16/h5-8,14H,2-4,9-13H2,1H3,(H,20,23). The van der Waals surface area contributed by atoms with Gasteiger partial charge in [-0.05, 0) is 37.1 Å². The molecule has 1 aliphatic rings. The first-order valence-electron chi connectivity index (χ1n) is 8.53. The fourth-order valence-corrected chi connectivity index (χ4v) is 2.90. The van der Waals surface area contributed by atoms with Crippen molar-refractivity contribution in [2.45, 2.75) is 32.6 Å². The summed E-state index contributed by atoms with van der Waals surface area (Å²) >= 11 is 3.38. The molecule has 2 amide bonds. The normalized spacial score (nSPS) is 17.3. The first-order chi connectivity index (χ1) is 11.6. The number of amides is 2. The van der Waals surface area contributed by atoms with Crippen LogP contribution in [0.5, 0.6) is 0 Å². The molecule has 0 bridgehead atoms. The first kappa shape index (κ1) is 18.9. The van der Waals surface area contributed by atoms with Crippen molar-refractivity contribution >= 4 is 33.4 Å². The Morgan fingerprint density at radius 1 is 1.29 bits per heavy atom. The lowest BCUT2D eigenvalue weighted by atomic mass is 10.1. The second-order valence-corrected chi connectivity index (χ2v) is 6.91. The van der Waals surface area contributed by atoms with Gasteiger partial charge < -0.3 is 15.0 Å². The fourth-order valence-electron chi connectivity index (χ4n) is 2.63. The molecule has 1 aromatic rings. The van der Waals surface area contributed by atoms with Gasteiger partial charge in [-0.3, -0.25) is 9.59 Å². The Hall–Kier alpha value is -1.40. The molecule has 1 fully saturated rings. The summed E-state index contributed by atoms with van der Waals surface area (Å²) in [5.74, 6) is -0.320. The Bertz CT molecular complexity index is 548. The van der Waals surface area contributed by atoms with Crippen molar-refractivity contribution < 1.29 is 14.3 Å². The zero-order valence-corrected chi connectivity index (χ0v) is 15.7. The number of nitrogens with zero attached hydrogens (tertiary/aromatic N) is 1. The zero-order valence-electron chi connectivity index (χ0n) is 14.1. The maximum Gasteiger partial charge on any atom is 0.227 e. The molecule has 132 valence electrons. The van der Waals surface area contributed by atoms with E-state index < -0.39 is 0 Å². The maximum absolute atomic E-state index is 12.2. The van der Waals surface area contributed by atoms with Crippen molar-refractivity contribution in [3.05, 3.63) is 28.7 Å². The number of hydrogen-bond acceptors (Lipinski definition) is 3. The van der Waals surface area contributed by atoms with Gasteiger partial charge >= 0.3 is 0 Å². The average molecular weight is 397 g/mol. The molecule has 0 aliphatic carbocycles. The number of ether oxygens (including phenoxy) is 1. The average Bonchev–Trinajstić information content (AvgIpc) is 2.96. The molecule has 1 aromatic carbocycles. The summed E-state index contributed by atoms with van der Waals surface area (Å²) in [4.78, 5) is 26.1. The van der Waals surface area contributed by atoms with E-state index in [2.05, 4.69) is 28.2 Å². The summed E-state index contributed by atoms with van der Waals surface area (Å²) in [7, 11) is 0. The lowest BCUT2D eigenvalue weighted by Crippen LogP contribution is -2.33. The molecule has 1 N–H and O–H groups in total. The highest BCUT2D eigenvalue weighted by Crippen LogP contribution is 2.26. The minimum atomic E-state index is -0.276. The van der Waals surface area contributed by atoms with E-state index in [1.807, 2.05) is 24.3 Å². The van der Waals surface area contributed by atoms with Gasteiger partial charge in [0.15, 0.2) is 0 Å². The van der Waals surface area contributed by atoms with E-state index in [9.17, 15) is 9.59 Å². The number of carbonyl (C=O) groups excluding carboxylic acids is 2. The minimum absolute atomic E-state index is 0.000344. The highest BCUT2D eigenvalue weighted by molar-refractivity contribution is 9.10. The van der Waals surface area contributed by atoms with Crippen LogP contribution in [0.4, 0.5) is 5.69 Å². The molecule has 0 aromatic heterocycles. The van der Waals surface area contributed by atoms with E-state index in [-0.39, 0.29) is 24.2 Å². The van der Waals surface area contributed by atoms with E-state index in [0.29, 0.717) is 19.7 Å². The molecule has 0 saturated carbocycles. The molecule has 5 nitrogen and oxygen atoms in total.